The van der Waals surface area contributed by atoms with Crippen LogP contribution in [0.1, 0.15) is 5.56 Å². The third kappa shape index (κ3) is 3.32. The summed E-state index contributed by atoms with van der Waals surface area (Å²) in [7, 11) is 1.64. The first-order valence-electron chi connectivity index (χ1n) is 6.67. The predicted molar refractivity (Wildman–Crippen MR) is 89.5 cm³/mol. The molecule has 0 fully saturated rings. The molecule has 0 aliphatic carbocycles. The molecule has 3 aromatic rings. The normalized spacial score (nSPS) is 11.0. The third-order valence-corrected chi connectivity index (χ3v) is 3.84. The van der Waals surface area contributed by atoms with E-state index in [9.17, 15) is 5.11 Å². The van der Waals surface area contributed by atoms with Crippen LogP contribution in [0, 0.1) is 0 Å². The molecule has 2 aromatic carbocycles. The number of hydrogen-bond acceptors (Lipinski definition) is 5. The molecule has 3 rings (SSSR count). The van der Waals surface area contributed by atoms with Crippen LogP contribution in [0.5, 0.6) is 11.5 Å². The fourth-order valence-electron chi connectivity index (χ4n) is 1.91. The van der Waals surface area contributed by atoms with Crippen LogP contribution in [-0.2, 0) is 0 Å². The lowest BCUT2D eigenvalue weighted by Gasteiger charge is -1.98. The van der Waals surface area contributed by atoms with E-state index in [0.717, 1.165) is 22.6 Å². The number of aromatic nitrogens is 1. The topological polar surface area (TPSA) is 54.7 Å². The van der Waals surface area contributed by atoms with Gasteiger partial charge in [0, 0.05) is 17.2 Å². The van der Waals surface area contributed by atoms with Crippen LogP contribution in [-0.4, -0.2) is 23.4 Å². The summed E-state index contributed by atoms with van der Waals surface area (Å²) in [5, 5.41) is 12.0. The van der Waals surface area contributed by atoms with Gasteiger partial charge < -0.3 is 9.84 Å². The maximum absolute atomic E-state index is 9.31. The highest BCUT2D eigenvalue weighted by molar-refractivity contribution is 7.13. The fraction of sp³-hybridized carbons (Fsp3) is 0.0588. The molecule has 0 saturated carbocycles. The Morgan fingerprint density at radius 1 is 1.09 bits per heavy atom. The average molecular weight is 310 g/mol. The van der Waals surface area contributed by atoms with Crippen molar-refractivity contribution in [2.75, 3.05) is 7.11 Å². The molecule has 0 atom stereocenters. The molecular weight excluding hydrogens is 296 g/mol. The van der Waals surface area contributed by atoms with Gasteiger partial charge in [-0.2, -0.15) is 0 Å². The van der Waals surface area contributed by atoms with E-state index in [1.807, 2.05) is 41.8 Å². The van der Waals surface area contributed by atoms with Crippen molar-refractivity contribution in [2.45, 2.75) is 0 Å². The SMILES string of the molecule is COc1ccc(/C=N/c2nc(-c3ccc(O)cc3)cs2)cc1. The predicted octanol–water partition coefficient (Wildman–Crippen LogP) is 4.27. The molecule has 0 unspecified atom stereocenters. The van der Waals surface area contributed by atoms with E-state index < -0.39 is 0 Å². The smallest absolute Gasteiger partial charge is 0.209 e. The van der Waals surface area contributed by atoms with Gasteiger partial charge in [-0.15, -0.1) is 11.3 Å². The monoisotopic (exact) mass is 310 g/mol. The number of thiazole rings is 1. The Morgan fingerprint density at radius 3 is 2.50 bits per heavy atom. The maximum atomic E-state index is 9.31. The van der Waals surface area contributed by atoms with Gasteiger partial charge >= 0.3 is 0 Å². The van der Waals surface area contributed by atoms with Crippen molar-refractivity contribution in [3.8, 4) is 22.8 Å². The van der Waals surface area contributed by atoms with Crippen LogP contribution in [0.3, 0.4) is 0 Å². The minimum Gasteiger partial charge on any atom is -0.508 e. The number of rotatable bonds is 4. The van der Waals surface area contributed by atoms with Gasteiger partial charge in [-0.25, -0.2) is 9.98 Å². The van der Waals surface area contributed by atoms with Crippen LogP contribution in [0.2, 0.25) is 0 Å². The van der Waals surface area contributed by atoms with E-state index in [2.05, 4.69) is 9.98 Å². The molecule has 0 aliphatic rings. The first kappa shape index (κ1) is 14.3. The zero-order valence-electron chi connectivity index (χ0n) is 11.9. The van der Waals surface area contributed by atoms with Crippen molar-refractivity contribution in [1.82, 2.24) is 4.98 Å². The van der Waals surface area contributed by atoms with Gasteiger partial charge in [0.15, 0.2) is 0 Å². The minimum absolute atomic E-state index is 0.247. The largest absolute Gasteiger partial charge is 0.508 e. The fourth-order valence-corrected chi connectivity index (χ4v) is 2.58. The van der Waals surface area contributed by atoms with Crippen molar-refractivity contribution in [2.24, 2.45) is 4.99 Å². The number of hydrogen-bond donors (Lipinski definition) is 1. The van der Waals surface area contributed by atoms with Gasteiger partial charge in [-0.05, 0) is 54.1 Å². The van der Waals surface area contributed by atoms with Crippen molar-refractivity contribution in [1.29, 1.82) is 0 Å². The molecule has 0 spiro atoms. The molecule has 1 aromatic heterocycles. The Hall–Kier alpha value is -2.66. The van der Waals surface area contributed by atoms with Crippen LogP contribution < -0.4 is 4.74 Å². The van der Waals surface area contributed by atoms with Crippen LogP contribution >= 0.6 is 11.3 Å². The maximum Gasteiger partial charge on any atom is 0.209 e. The number of methoxy groups -OCH3 is 1. The van der Waals surface area contributed by atoms with Gasteiger partial charge in [0.2, 0.25) is 5.13 Å². The lowest BCUT2D eigenvalue weighted by molar-refractivity contribution is 0.415. The number of phenolic OH excluding ortho intramolecular Hbond substituents is 1. The number of aromatic hydroxyl groups is 1. The molecular formula is C17H14N2O2S. The number of aliphatic imine (C=N–C) groups is 1. The summed E-state index contributed by atoms with van der Waals surface area (Å²) in [5.74, 6) is 1.07. The Labute approximate surface area is 132 Å². The molecule has 1 N–H and O–H groups in total. The summed E-state index contributed by atoms with van der Waals surface area (Å²) < 4.78 is 5.12. The third-order valence-electron chi connectivity index (χ3n) is 3.09. The highest BCUT2D eigenvalue weighted by Crippen LogP contribution is 2.27. The second-order valence-electron chi connectivity index (χ2n) is 4.59. The zero-order chi connectivity index (χ0) is 15.4. The Bertz CT molecular complexity index is 777. The standard InChI is InChI=1S/C17H14N2O2S/c1-21-15-8-2-12(3-9-15)10-18-17-19-16(11-22-17)13-4-6-14(20)7-5-13/h2-11,20H,1H3/b18-10+. The lowest BCUT2D eigenvalue weighted by atomic mass is 10.2. The van der Waals surface area contributed by atoms with E-state index in [1.54, 1.807) is 25.5 Å². The Morgan fingerprint density at radius 2 is 1.82 bits per heavy atom. The van der Waals surface area contributed by atoms with Crippen molar-refractivity contribution in [3.05, 3.63) is 59.5 Å². The summed E-state index contributed by atoms with van der Waals surface area (Å²) >= 11 is 1.48. The van der Waals surface area contributed by atoms with Gasteiger partial charge in [0.05, 0.1) is 12.8 Å². The van der Waals surface area contributed by atoms with Crippen molar-refractivity contribution >= 4 is 22.7 Å². The van der Waals surface area contributed by atoms with E-state index in [0.29, 0.717) is 5.13 Å². The first-order valence-corrected chi connectivity index (χ1v) is 7.55. The van der Waals surface area contributed by atoms with Gasteiger partial charge in [-0.1, -0.05) is 0 Å². The Balaban J connectivity index is 1.75. The summed E-state index contributed by atoms with van der Waals surface area (Å²) in [6, 6.07) is 14.6. The van der Waals surface area contributed by atoms with E-state index >= 15 is 0 Å². The molecule has 5 heteroatoms. The van der Waals surface area contributed by atoms with Crippen molar-refractivity contribution in [3.63, 3.8) is 0 Å². The highest BCUT2D eigenvalue weighted by Gasteiger charge is 2.03. The summed E-state index contributed by atoms with van der Waals surface area (Å²) in [6.07, 6.45) is 1.78. The zero-order valence-corrected chi connectivity index (χ0v) is 12.7. The van der Waals surface area contributed by atoms with E-state index in [4.69, 9.17) is 4.74 Å². The number of benzene rings is 2. The summed E-state index contributed by atoms with van der Waals surface area (Å²) in [6.45, 7) is 0. The van der Waals surface area contributed by atoms with Crippen molar-refractivity contribution < 1.29 is 9.84 Å². The second-order valence-corrected chi connectivity index (χ2v) is 5.43. The quantitative estimate of drug-likeness (QED) is 0.732. The first-order chi connectivity index (χ1) is 10.7. The lowest BCUT2D eigenvalue weighted by Crippen LogP contribution is -1.84. The highest BCUT2D eigenvalue weighted by atomic mass is 32.1. The molecule has 4 nitrogen and oxygen atoms in total. The molecule has 0 radical (unpaired) electrons. The van der Waals surface area contributed by atoms with E-state index in [1.165, 1.54) is 11.3 Å². The average Bonchev–Trinajstić information content (AvgIpc) is 3.03. The molecule has 0 aliphatic heterocycles. The Kier molecular flexibility index (Phi) is 4.16. The minimum atomic E-state index is 0.247. The summed E-state index contributed by atoms with van der Waals surface area (Å²) in [5.41, 5.74) is 2.80. The summed E-state index contributed by atoms with van der Waals surface area (Å²) in [4.78, 5) is 8.86. The van der Waals surface area contributed by atoms with Gasteiger partial charge in [-0.3, -0.25) is 0 Å². The molecule has 22 heavy (non-hydrogen) atoms. The van der Waals surface area contributed by atoms with Crippen LogP contribution in [0.15, 0.2) is 58.9 Å². The van der Waals surface area contributed by atoms with Gasteiger partial charge in [0.25, 0.3) is 0 Å². The van der Waals surface area contributed by atoms with Crippen LogP contribution in [0.25, 0.3) is 11.3 Å². The molecule has 0 bridgehead atoms. The molecule has 110 valence electrons. The van der Waals surface area contributed by atoms with E-state index in [-0.39, 0.29) is 5.75 Å². The number of phenols is 1. The second kappa shape index (κ2) is 6.41. The van der Waals surface area contributed by atoms with Crippen LogP contribution in [0.4, 0.5) is 5.13 Å². The molecule has 0 saturated heterocycles. The molecule has 0 amide bonds. The number of nitrogens with zero attached hydrogens (tertiary/aromatic N) is 2. The van der Waals surface area contributed by atoms with Gasteiger partial charge in [0.1, 0.15) is 11.5 Å². The molecule has 1 heterocycles. The number of ether oxygens (including phenoxy) is 1.